The molecule has 1 saturated carbocycles. The van der Waals surface area contributed by atoms with Crippen molar-refractivity contribution in [2.75, 3.05) is 5.32 Å². The van der Waals surface area contributed by atoms with Crippen molar-refractivity contribution in [1.82, 2.24) is 4.57 Å². The second-order valence-electron chi connectivity index (χ2n) is 7.13. The molecular weight excluding hydrogens is 310 g/mol. The first-order valence-corrected chi connectivity index (χ1v) is 9.30. The van der Waals surface area contributed by atoms with Crippen molar-refractivity contribution in [3.8, 4) is 17.3 Å². The number of anilines is 1. The molecule has 1 N–H and O–H groups in total. The van der Waals surface area contributed by atoms with Gasteiger partial charge in [0.1, 0.15) is 6.07 Å². The number of carbonyl (C=O) groups excluding carboxylic acids is 1. The van der Waals surface area contributed by atoms with Gasteiger partial charge in [0.25, 0.3) is 0 Å². The fraction of sp³-hybridized carbons (Fsp3) is 0.429. The summed E-state index contributed by atoms with van der Waals surface area (Å²) < 4.78 is 2.12. The largest absolute Gasteiger partial charge is 0.381 e. The van der Waals surface area contributed by atoms with Gasteiger partial charge in [0.15, 0.2) is 5.78 Å². The number of fused-ring (bicyclic) bond motifs is 1. The fourth-order valence-electron chi connectivity index (χ4n) is 4.12. The lowest BCUT2D eigenvalue weighted by Gasteiger charge is -2.25. The minimum absolute atomic E-state index is 0.228. The highest BCUT2D eigenvalue weighted by atomic mass is 16.1. The molecule has 25 heavy (non-hydrogen) atoms. The van der Waals surface area contributed by atoms with E-state index in [1.165, 1.54) is 32.1 Å². The van der Waals surface area contributed by atoms with Crippen molar-refractivity contribution in [3.05, 3.63) is 41.6 Å². The molecule has 128 valence electrons. The Kier molecular flexibility index (Phi) is 4.31. The number of rotatable bonds is 3. The molecule has 0 atom stereocenters. The van der Waals surface area contributed by atoms with Gasteiger partial charge in [-0.05, 0) is 43.5 Å². The molecule has 2 aromatic rings. The van der Waals surface area contributed by atoms with Crippen LogP contribution in [-0.2, 0) is 6.54 Å². The van der Waals surface area contributed by atoms with Crippen molar-refractivity contribution in [2.24, 2.45) is 0 Å². The summed E-state index contributed by atoms with van der Waals surface area (Å²) in [6.07, 6.45) is 7.71. The van der Waals surface area contributed by atoms with E-state index in [4.69, 9.17) is 0 Å². The minimum atomic E-state index is 0.228. The average Bonchev–Trinajstić information content (AvgIpc) is 3.08. The van der Waals surface area contributed by atoms with Gasteiger partial charge in [-0.3, -0.25) is 4.79 Å². The molecule has 4 heteroatoms. The summed E-state index contributed by atoms with van der Waals surface area (Å²) in [5.74, 6) is 0.228. The third kappa shape index (κ3) is 3.07. The highest BCUT2D eigenvalue weighted by Crippen LogP contribution is 2.31. The predicted molar refractivity (Wildman–Crippen MR) is 98.6 cm³/mol. The first-order valence-electron chi connectivity index (χ1n) is 9.30. The number of carbonyl (C=O) groups is 1. The van der Waals surface area contributed by atoms with Gasteiger partial charge < -0.3 is 9.88 Å². The summed E-state index contributed by atoms with van der Waals surface area (Å²) in [6, 6.07) is 12.7. The molecule has 0 amide bonds. The summed E-state index contributed by atoms with van der Waals surface area (Å²) in [4.78, 5) is 12.1. The second kappa shape index (κ2) is 6.76. The van der Waals surface area contributed by atoms with E-state index in [0.717, 1.165) is 35.6 Å². The Labute approximate surface area is 148 Å². The van der Waals surface area contributed by atoms with Crippen LogP contribution in [0.5, 0.6) is 0 Å². The average molecular weight is 333 g/mol. The lowest BCUT2D eigenvalue weighted by Crippen LogP contribution is -2.22. The van der Waals surface area contributed by atoms with Crippen molar-refractivity contribution < 1.29 is 4.79 Å². The van der Waals surface area contributed by atoms with E-state index in [1.807, 2.05) is 24.3 Å². The van der Waals surface area contributed by atoms with Gasteiger partial charge >= 0.3 is 0 Å². The molecule has 1 aliphatic heterocycles. The fourth-order valence-corrected chi connectivity index (χ4v) is 4.12. The third-order valence-corrected chi connectivity index (χ3v) is 5.45. The highest BCUT2D eigenvalue weighted by molar-refractivity contribution is 5.96. The van der Waals surface area contributed by atoms with Crippen LogP contribution in [0.4, 0.5) is 5.69 Å². The molecule has 4 rings (SSSR count). The molecule has 1 aromatic heterocycles. The molecule has 0 radical (unpaired) electrons. The van der Waals surface area contributed by atoms with Crippen molar-refractivity contribution in [1.29, 1.82) is 5.26 Å². The zero-order chi connectivity index (χ0) is 17.2. The van der Waals surface area contributed by atoms with Crippen LogP contribution in [-0.4, -0.2) is 16.4 Å². The van der Waals surface area contributed by atoms with Crippen molar-refractivity contribution in [3.63, 3.8) is 0 Å². The monoisotopic (exact) mass is 333 g/mol. The van der Waals surface area contributed by atoms with Crippen molar-refractivity contribution in [2.45, 2.75) is 57.5 Å². The van der Waals surface area contributed by atoms with E-state index in [-0.39, 0.29) is 5.78 Å². The zero-order valence-electron chi connectivity index (χ0n) is 14.4. The molecule has 0 unspecified atom stereocenters. The van der Waals surface area contributed by atoms with E-state index in [0.29, 0.717) is 18.0 Å². The van der Waals surface area contributed by atoms with E-state index >= 15 is 0 Å². The lowest BCUT2D eigenvalue weighted by molar-refractivity contribution is 0.0955. The zero-order valence-corrected chi connectivity index (χ0v) is 14.4. The van der Waals surface area contributed by atoms with Crippen LogP contribution in [0.25, 0.3) is 11.3 Å². The predicted octanol–water partition coefficient (Wildman–Crippen LogP) is 4.75. The standard InChI is InChI=1S/C21H23N3O/c22-14-16-9-8-15(13-18(16)23-17-5-2-1-3-6-17)19-10-11-20-21(25)7-4-12-24(19)20/h8-11,13,17,23H,1-7,12H2. The molecule has 2 heterocycles. The highest BCUT2D eigenvalue weighted by Gasteiger charge is 2.21. The van der Waals surface area contributed by atoms with Gasteiger partial charge in [0, 0.05) is 30.3 Å². The van der Waals surface area contributed by atoms with Gasteiger partial charge in [-0.1, -0.05) is 25.3 Å². The maximum absolute atomic E-state index is 12.1. The number of benzene rings is 1. The second-order valence-corrected chi connectivity index (χ2v) is 7.13. The molecule has 2 aliphatic rings. The number of aromatic nitrogens is 1. The van der Waals surface area contributed by atoms with Gasteiger partial charge in [0.05, 0.1) is 16.9 Å². The summed E-state index contributed by atoms with van der Waals surface area (Å²) in [6.45, 7) is 0.884. The van der Waals surface area contributed by atoms with Gasteiger partial charge in [-0.15, -0.1) is 0 Å². The Bertz CT molecular complexity index is 837. The maximum atomic E-state index is 12.1. The Morgan fingerprint density at radius 2 is 1.84 bits per heavy atom. The quantitative estimate of drug-likeness (QED) is 0.882. The normalized spacial score (nSPS) is 17.8. The minimum Gasteiger partial charge on any atom is -0.381 e. The molecule has 0 spiro atoms. The first kappa shape index (κ1) is 16.0. The van der Waals surface area contributed by atoms with Gasteiger partial charge in [-0.2, -0.15) is 5.26 Å². The van der Waals surface area contributed by atoms with Crippen LogP contribution >= 0.6 is 0 Å². The Morgan fingerprint density at radius 3 is 2.64 bits per heavy atom. The molecule has 0 bridgehead atoms. The topological polar surface area (TPSA) is 57.8 Å². The van der Waals surface area contributed by atoms with Crippen LogP contribution in [0.3, 0.4) is 0 Å². The maximum Gasteiger partial charge on any atom is 0.179 e. The molecule has 4 nitrogen and oxygen atoms in total. The van der Waals surface area contributed by atoms with Crippen LogP contribution in [0, 0.1) is 11.3 Å². The van der Waals surface area contributed by atoms with Crippen molar-refractivity contribution >= 4 is 11.5 Å². The molecule has 1 fully saturated rings. The number of ketones is 1. The van der Waals surface area contributed by atoms with Crippen LogP contribution in [0.2, 0.25) is 0 Å². The Morgan fingerprint density at radius 1 is 1.04 bits per heavy atom. The lowest BCUT2D eigenvalue weighted by atomic mass is 9.95. The number of nitrogens with zero attached hydrogens (tertiary/aromatic N) is 2. The first-order chi connectivity index (χ1) is 12.3. The molecule has 0 saturated heterocycles. The number of hydrogen-bond donors (Lipinski definition) is 1. The third-order valence-electron chi connectivity index (χ3n) is 5.45. The number of hydrogen-bond acceptors (Lipinski definition) is 3. The van der Waals surface area contributed by atoms with E-state index in [9.17, 15) is 10.1 Å². The number of nitrogens with one attached hydrogen (secondary N) is 1. The number of nitriles is 1. The smallest absolute Gasteiger partial charge is 0.179 e. The molecule has 1 aromatic carbocycles. The van der Waals surface area contributed by atoms with Crippen LogP contribution < -0.4 is 5.32 Å². The van der Waals surface area contributed by atoms with Gasteiger partial charge in [0.2, 0.25) is 0 Å². The Balaban J connectivity index is 1.68. The van der Waals surface area contributed by atoms with Crippen LogP contribution in [0.15, 0.2) is 30.3 Å². The summed E-state index contributed by atoms with van der Waals surface area (Å²) in [7, 11) is 0. The Hall–Kier alpha value is -2.54. The van der Waals surface area contributed by atoms with E-state index in [1.54, 1.807) is 0 Å². The summed E-state index contributed by atoms with van der Waals surface area (Å²) >= 11 is 0. The molecule has 1 aliphatic carbocycles. The SMILES string of the molecule is N#Cc1ccc(-c2ccc3n2CCCC3=O)cc1NC1CCCCC1. The number of Topliss-reactive ketones (excluding diaryl/α,β-unsaturated/α-hetero) is 1. The van der Waals surface area contributed by atoms with E-state index in [2.05, 4.69) is 22.0 Å². The summed E-state index contributed by atoms with van der Waals surface area (Å²) in [5.41, 5.74) is 4.56. The van der Waals surface area contributed by atoms with Gasteiger partial charge in [-0.25, -0.2) is 0 Å². The van der Waals surface area contributed by atoms with Crippen LogP contribution in [0.1, 0.15) is 61.0 Å². The summed E-state index contributed by atoms with van der Waals surface area (Å²) in [5, 5.41) is 13.0. The molecular formula is C21H23N3O. The van der Waals surface area contributed by atoms with E-state index < -0.39 is 0 Å².